The van der Waals surface area contributed by atoms with Crippen LogP contribution in [-0.4, -0.2) is 32.8 Å². The summed E-state index contributed by atoms with van der Waals surface area (Å²) < 4.78 is 22.1. The molecule has 0 amide bonds. The summed E-state index contributed by atoms with van der Waals surface area (Å²) in [5.74, 6) is 0.301. The number of aryl methyl sites for hydroxylation is 2. The smallest absolute Gasteiger partial charge is 0.255 e. The maximum Gasteiger partial charge on any atom is 0.255 e. The van der Waals surface area contributed by atoms with Crippen LogP contribution in [0.4, 0.5) is 16.2 Å². The fourth-order valence-corrected chi connectivity index (χ4v) is 3.64. The number of nitrogens with zero attached hydrogens (tertiary/aromatic N) is 3. The molecule has 32 heavy (non-hydrogen) atoms. The van der Waals surface area contributed by atoms with E-state index in [0.29, 0.717) is 34.8 Å². The minimum absolute atomic E-state index is 0.0617. The zero-order chi connectivity index (χ0) is 23.6. The molecule has 3 aromatic rings. The molecule has 0 aliphatic carbocycles. The van der Waals surface area contributed by atoms with Crippen LogP contribution in [0.2, 0.25) is 0 Å². The monoisotopic (exact) mass is 441 g/mol. The average molecular weight is 442 g/mol. The van der Waals surface area contributed by atoms with E-state index in [9.17, 15) is 9.18 Å². The number of ether oxygens (including phenoxy) is 1. The van der Waals surface area contributed by atoms with Gasteiger partial charge in [-0.25, -0.2) is 9.37 Å². The number of hydrogen-bond acceptors (Lipinski definition) is 6. The number of rotatable bonds is 7. The topological polar surface area (TPSA) is 81.1 Å². The van der Waals surface area contributed by atoms with Crippen LogP contribution in [-0.2, 0) is 18.3 Å². The Morgan fingerprint density at radius 2 is 1.91 bits per heavy atom. The van der Waals surface area contributed by atoms with E-state index in [0.717, 1.165) is 11.3 Å². The molecular formula is C24H32FN5O2. The molecule has 0 spiro atoms. The Bertz CT molecular complexity index is 1180. The number of halogens is 1. The lowest BCUT2D eigenvalue weighted by Crippen LogP contribution is -2.30. The third kappa shape index (κ3) is 5.43. The van der Waals surface area contributed by atoms with Gasteiger partial charge in [0.05, 0.1) is 22.6 Å². The van der Waals surface area contributed by atoms with Crippen molar-refractivity contribution in [2.24, 2.45) is 7.05 Å². The third-order valence-electron chi connectivity index (χ3n) is 5.20. The summed E-state index contributed by atoms with van der Waals surface area (Å²) in [7, 11) is 1.75. The minimum Gasteiger partial charge on any atom is -0.371 e. The first-order chi connectivity index (χ1) is 15.0. The first-order valence-electron chi connectivity index (χ1n) is 10.7. The quantitative estimate of drug-likeness (QED) is 0.569. The molecule has 2 heterocycles. The zero-order valence-electron chi connectivity index (χ0n) is 19.8. The number of nitrogens with one attached hydrogen (secondary N) is 2. The first kappa shape index (κ1) is 23.7. The second-order valence-corrected chi connectivity index (χ2v) is 9.12. The molecule has 0 aliphatic heterocycles. The van der Waals surface area contributed by atoms with E-state index in [1.807, 2.05) is 47.6 Å². The average Bonchev–Trinajstić information content (AvgIpc) is 2.69. The van der Waals surface area contributed by atoms with Gasteiger partial charge < -0.3 is 19.9 Å². The van der Waals surface area contributed by atoms with Crippen molar-refractivity contribution in [2.45, 2.75) is 59.8 Å². The van der Waals surface area contributed by atoms with E-state index < -0.39 is 5.82 Å². The van der Waals surface area contributed by atoms with Gasteiger partial charge in [0.15, 0.2) is 0 Å². The molecule has 1 aromatic carbocycles. The number of hydrogen-bond donors (Lipinski definition) is 2. The van der Waals surface area contributed by atoms with Crippen LogP contribution in [0.15, 0.2) is 29.1 Å². The normalized spacial score (nSPS) is 12.8. The summed E-state index contributed by atoms with van der Waals surface area (Å²) in [5, 5.41) is 6.67. The van der Waals surface area contributed by atoms with Crippen LogP contribution in [0, 0.1) is 19.7 Å². The summed E-state index contributed by atoms with van der Waals surface area (Å²) in [6, 6.07) is 6.71. The lowest BCUT2D eigenvalue weighted by molar-refractivity contribution is -0.0449. The van der Waals surface area contributed by atoms with Gasteiger partial charge in [-0.15, -0.1) is 0 Å². The largest absolute Gasteiger partial charge is 0.371 e. The second-order valence-electron chi connectivity index (χ2n) is 9.12. The molecule has 7 nitrogen and oxygen atoms in total. The summed E-state index contributed by atoms with van der Waals surface area (Å²) in [6.07, 6.45) is -0.110. The Morgan fingerprint density at radius 3 is 2.59 bits per heavy atom. The molecule has 2 N–H and O–H groups in total. The van der Waals surface area contributed by atoms with Crippen molar-refractivity contribution in [3.05, 3.63) is 57.3 Å². The standard InChI is InChI=1S/C24H32FN5O2/c1-14-11-15(2)30(7)22(31)17(14)13-27-23-28-19-10-8-9-18(25)20(19)21(29-23)26-12-16(3)32-24(4,5)6/h8-11,16H,12-13H2,1-7H3,(H2,26,27,28,29). The Hall–Kier alpha value is -3.00. The molecule has 0 saturated heterocycles. The van der Waals surface area contributed by atoms with Crippen molar-refractivity contribution >= 4 is 22.7 Å². The maximum absolute atomic E-state index is 14.6. The molecule has 8 heteroatoms. The van der Waals surface area contributed by atoms with Gasteiger partial charge in [0.25, 0.3) is 5.56 Å². The minimum atomic E-state index is -0.399. The summed E-state index contributed by atoms with van der Waals surface area (Å²) in [6.45, 7) is 12.4. The molecule has 172 valence electrons. The molecule has 1 unspecified atom stereocenters. The van der Waals surface area contributed by atoms with Crippen LogP contribution < -0.4 is 16.2 Å². The van der Waals surface area contributed by atoms with Gasteiger partial charge in [-0.1, -0.05) is 6.07 Å². The number of aromatic nitrogens is 3. The lowest BCUT2D eigenvalue weighted by Gasteiger charge is -2.25. The Labute approximate surface area is 188 Å². The highest BCUT2D eigenvalue weighted by molar-refractivity contribution is 5.90. The van der Waals surface area contributed by atoms with Crippen molar-refractivity contribution in [3.63, 3.8) is 0 Å². The van der Waals surface area contributed by atoms with Gasteiger partial charge in [-0.2, -0.15) is 4.98 Å². The Morgan fingerprint density at radius 1 is 1.19 bits per heavy atom. The fourth-order valence-electron chi connectivity index (χ4n) is 3.64. The predicted octanol–water partition coefficient (Wildman–Crippen LogP) is 4.31. The van der Waals surface area contributed by atoms with Crippen molar-refractivity contribution < 1.29 is 9.13 Å². The number of pyridine rings is 1. The van der Waals surface area contributed by atoms with Gasteiger partial charge in [-0.05, 0) is 65.3 Å². The van der Waals surface area contributed by atoms with Crippen molar-refractivity contribution in [1.29, 1.82) is 0 Å². The molecule has 3 rings (SSSR count). The Balaban J connectivity index is 1.89. The van der Waals surface area contributed by atoms with E-state index in [4.69, 9.17) is 4.74 Å². The van der Waals surface area contributed by atoms with Crippen LogP contribution in [0.5, 0.6) is 0 Å². The highest BCUT2D eigenvalue weighted by Gasteiger charge is 2.17. The molecule has 0 fully saturated rings. The lowest BCUT2D eigenvalue weighted by atomic mass is 10.1. The third-order valence-corrected chi connectivity index (χ3v) is 5.20. The Kier molecular flexibility index (Phi) is 6.83. The van der Waals surface area contributed by atoms with Crippen LogP contribution in [0.25, 0.3) is 10.9 Å². The summed E-state index contributed by atoms with van der Waals surface area (Å²) in [4.78, 5) is 21.6. The summed E-state index contributed by atoms with van der Waals surface area (Å²) >= 11 is 0. The molecule has 0 radical (unpaired) electrons. The van der Waals surface area contributed by atoms with Crippen LogP contribution in [0.3, 0.4) is 0 Å². The van der Waals surface area contributed by atoms with Gasteiger partial charge >= 0.3 is 0 Å². The second kappa shape index (κ2) is 9.24. The molecule has 2 aromatic heterocycles. The van der Waals surface area contributed by atoms with Crippen molar-refractivity contribution in [1.82, 2.24) is 14.5 Å². The van der Waals surface area contributed by atoms with E-state index in [-0.39, 0.29) is 23.8 Å². The molecule has 0 saturated carbocycles. The highest BCUT2D eigenvalue weighted by Crippen LogP contribution is 2.25. The van der Waals surface area contributed by atoms with E-state index in [2.05, 4.69) is 20.6 Å². The van der Waals surface area contributed by atoms with E-state index >= 15 is 0 Å². The van der Waals surface area contributed by atoms with Crippen molar-refractivity contribution in [2.75, 3.05) is 17.2 Å². The first-order valence-corrected chi connectivity index (χ1v) is 10.7. The van der Waals surface area contributed by atoms with Gasteiger partial charge in [-0.3, -0.25) is 4.79 Å². The fraction of sp³-hybridized carbons (Fsp3) is 0.458. The number of benzene rings is 1. The van der Waals surface area contributed by atoms with Gasteiger partial charge in [0, 0.05) is 31.4 Å². The van der Waals surface area contributed by atoms with Gasteiger partial charge in [0.1, 0.15) is 11.6 Å². The van der Waals surface area contributed by atoms with Crippen LogP contribution in [0.1, 0.15) is 44.5 Å². The molecule has 1 atom stereocenters. The SMILES string of the molecule is Cc1cc(C)n(C)c(=O)c1CNc1nc(NCC(C)OC(C)(C)C)c2c(F)cccc2n1. The van der Waals surface area contributed by atoms with Gasteiger partial charge in [0.2, 0.25) is 5.95 Å². The molecule has 0 bridgehead atoms. The number of fused-ring (bicyclic) bond motifs is 1. The molecule has 0 aliphatic rings. The zero-order valence-corrected chi connectivity index (χ0v) is 19.8. The predicted molar refractivity (Wildman–Crippen MR) is 127 cm³/mol. The molecular weight excluding hydrogens is 409 g/mol. The van der Waals surface area contributed by atoms with Crippen molar-refractivity contribution in [3.8, 4) is 0 Å². The highest BCUT2D eigenvalue weighted by atomic mass is 19.1. The maximum atomic E-state index is 14.6. The summed E-state index contributed by atoms with van der Waals surface area (Å²) in [5.41, 5.74) is 2.56. The number of anilines is 2. The van der Waals surface area contributed by atoms with Crippen LogP contribution >= 0.6 is 0 Å². The van der Waals surface area contributed by atoms with E-state index in [1.54, 1.807) is 23.7 Å². The van der Waals surface area contributed by atoms with E-state index in [1.165, 1.54) is 6.07 Å².